The first-order valence-corrected chi connectivity index (χ1v) is 7.91. The molecule has 2 rings (SSSR count). The van der Waals surface area contributed by atoms with Gasteiger partial charge in [-0.15, -0.1) is 11.3 Å². The van der Waals surface area contributed by atoms with Crippen LogP contribution in [0.3, 0.4) is 0 Å². The highest BCUT2D eigenvalue weighted by Crippen LogP contribution is 2.16. The third-order valence-electron chi connectivity index (χ3n) is 2.93. The van der Waals surface area contributed by atoms with E-state index in [2.05, 4.69) is 16.8 Å². The molecule has 5 heteroatoms. The van der Waals surface area contributed by atoms with Crippen molar-refractivity contribution in [2.75, 3.05) is 18.5 Å². The van der Waals surface area contributed by atoms with E-state index in [1.165, 1.54) is 4.88 Å². The van der Waals surface area contributed by atoms with Crippen molar-refractivity contribution in [2.45, 2.75) is 19.3 Å². The molecule has 0 bridgehead atoms. The lowest BCUT2D eigenvalue weighted by atomic mass is 10.2. The molecular weight excluding hydrogens is 284 g/mol. The first-order valence-electron chi connectivity index (χ1n) is 7.03. The Morgan fingerprint density at radius 2 is 2.05 bits per heavy atom. The van der Waals surface area contributed by atoms with Crippen molar-refractivity contribution in [2.24, 2.45) is 5.73 Å². The van der Waals surface area contributed by atoms with E-state index in [4.69, 9.17) is 10.5 Å². The summed E-state index contributed by atoms with van der Waals surface area (Å²) in [6.45, 7) is 0.983. The number of carbonyl (C=O) groups is 1. The molecular formula is C16H20N2O2S. The van der Waals surface area contributed by atoms with Crippen LogP contribution in [-0.4, -0.2) is 19.1 Å². The van der Waals surface area contributed by atoms with Gasteiger partial charge in [-0.1, -0.05) is 6.07 Å². The summed E-state index contributed by atoms with van der Waals surface area (Å²) in [6.07, 6.45) is 2.35. The molecule has 0 aliphatic rings. The highest BCUT2D eigenvalue weighted by atomic mass is 32.1. The Bertz CT molecular complexity index is 538. The molecule has 0 fully saturated rings. The number of aryl methyl sites for hydroxylation is 1. The quantitative estimate of drug-likeness (QED) is 0.788. The van der Waals surface area contributed by atoms with Crippen molar-refractivity contribution in [3.05, 3.63) is 46.7 Å². The van der Waals surface area contributed by atoms with Crippen molar-refractivity contribution >= 4 is 22.9 Å². The highest BCUT2D eigenvalue weighted by molar-refractivity contribution is 7.09. The summed E-state index contributed by atoms with van der Waals surface area (Å²) in [6, 6.07) is 11.5. The van der Waals surface area contributed by atoms with Crippen LogP contribution >= 0.6 is 11.3 Å². The standard InChI is InChI=1S/C16H20N2O2S/c17-10-11-20-14-8-6-13(7-9-14)18-16(19)5-1-3-15-4-2-12-21-15/h2,4,6-9,12H,1,3,5,10-11,17H2,(H,18,19). The van der Waals surface area contributed by atoms with E-state index >= 15 is 0 Å². The van der Waals surface area contributed by atoms with Crippen LogP contribution in [-0.2, 0) is 11.2 Å². The van der Waals surface area contributed by atoms with Crippen LogP contribution in [0.5, 0.6) is 5.75 Å². The molecule has 0 aliphatic heterocycles. The SMILES string of the molecule is NCCOc1ccc(NC(=O)CCCc2cccs2)cc1. The van der Waals surface area contributed by atoms with E-state index in [0.717, 1.165) is 24.3 Å². The molecule has 0 spiro atoms. The zero-order valence-electron chi connectivity index (χ0n) is 11.9. The van der Waals surface area contributed by atoms with E-state index in [-0.39, 0.29) is 5.91 Å². The largest absolute Gasteiger partial charge is 0.492 e. The van der Waals surface area contributed by atoms with Crippen LogP contribution in [0.1, 0.15) is 17.7 Å². The molecule has 0 saturated heterocycles. The number of thiophene rings is 1. The van der Waals surface area contributed by atoms with Crippen LogP contribution in [0.25, 0.3) is 0 Å². The minimum Gasteiger partial charge on any atom is -0.492 e. The Hall–Kier alpha value is -1.85. The van der Waals surface area contributed by atoms with Crippen LogP contribution in [0, 0.1) is 0 Å². The predicted octanol–water partition coefficient (Wildman–Crippen LogP) is 3.05. The van der Waals surface area contributed by atoms with Gasteiger partial charge in [0.15, 0.2) is 0 Å². The maximum absolute atomic E-state index is 11.8. The summed E-state index contributed by atoms with van der Waals surface area (Å²) in [4.78, 5) is 13.2. The van der Waals surface area contributed by atoms with E-state index in [9.17, 15) is 4.79 Å². The number of amides is 1. The lowest BCUT2D eigenvalue weighted by Gasteiger charge is -2.07. The lowest BCUT2D eigenvalue weighted by molar-refractivity contribution is -0.116. The average molecular weight is 304 g/mol. The number of anilines is 1. The molecule has 3 N–H and O–H groups in total. The molecule has 1 aromatic carbocycles. The summed E-state index contributed by atoms with van der Waals surface area (Å²) in [5, 5.41) is 4.95. The summed E-state index contributed by atoms with van der Waals surface area (Å²) in [5.74, 6) is 0.804. The van der Waals surface area contributed by atoms with Crippen LogP contribution in [0.15, 0.2) is 41.8 Å². The second-order valence-corrected chi connectivity index (χ2v) is 5.67. The summed E-state index contributed by atoms with van der Waals surface area (Å²) >= 11 is 1.73. The van der Waals surface area contributed by atoms with Crippen molar-refractivity contribution < 1.29 is 9.53 Å². The number of hydrogen-bond donors (Lipinski definition) is 2. The van der Waals surface area contributed by atoms with Gasteiger partial charge in [0.1, 0.15) is 12.4 Å². The fraction of sp³-hybridized carbons (Fsp3) is 0.312. The Labute approximate surface area is 128 Å². The monoisotopic (exact) mass is 304 g/mol. The molecule has 2 aromatic rings. The van der Waals surface area contributed by atoms with E-state index in [1.807, 2.05) is 30.3 Å². The average Bonchev–Trinajstić information content (AvgIpc) is 3.00. The fourth-order valence-corrected chi connectivity index (χ4v) is 2.66. The van der Waals surface area contributed by atoms with Gasteiger partial charge < -0.3 is 15.8 Å². The third-order valence-corrected chi connectivity index (χ3v) is 3.87. The van der Waals surface area contributed by atoms with Crippen molar-refractivity contribution in [1.82, 2.24) is 0 Å². The molecule has 4 nitrogen and oxygen atoms in total. The zero-order valence-corrected chi connectivity index (χ0v) is 12.7. The Morgan fingerprint density at radius 3 is 2.71 bits per heavy atom. The van der Waals surface area contributed by atoms with Crippen LogP contribution in [0.4, 0.5) is 5.69 Å². The molecule has 1 amide bonds. The van der Waals surface area contributed by atoms with E-state index in [1.54, 1.807) is 11.3 Å². The van der Waals surface area contributed by atoms with Gasteiger partial charge in [-0.05, 0) is 48.6 Å². The minimum absolute atomic E-state index is 0.0437. The van der Waals surface area contributed by atoms with Gasteiger partial charge in [0.05, 0.1) is 0 Å². The van der Waals surface area contributed by atoms with Gasteiger partial charge in [-0.3, -0.25) is 4.79 Å². The highest BCUT2D eigenvalue weighted by Gasteiger charge is 2.03. The van der Waals surface area contributed by atoms with Crippen molar-refractivity contribution in [3.8, 4) is 5.75 Å². The first-order chi connectivity index (χ1) is 10.3. The number of carbonyl (C=O) groups excluding carboxylic acids is 1. The molecule has 0 atom stereocenters. The molecule has 0 saturated carbocycles. The Kier molecular flexibility index (Phi) is 6.24. The maximum atomic E-state index is 11.8. The van der Waals surface area contributed by atoms with Crippen LogP contribution < -0.4 is 15.8 Å². The number of nitrogens with two attached hydrogens (primary N) is 1. The topological polar surface area (TPSA) is 64.3 Å². The number of rotatable bonds is 8. The molecule has 21 heavy (non-hydrogen) atoms. The molecule has 112 valence electrons. The molecule has 0 aliphatic carbocycles. The second-order valence-electron chi connectivity index (χ2n) is 4.64. The molecule has 1 aromatic heterocycles. The predicted molar refractivity (Wildman–Crippen MR) is 86.9 cm³/mol. The van der Waals surface area contributed by atoms with E-state index < -0.39 is 0 Å². The van der Waals surface area contributed by atoms with Gasteiger partial charge in [0.2, 0.25) is 5.91 Å². The first kappa shape index (κ1) is 15.5. The fourth-order valence-electron chi connectivity index (χ4n) is 1.91. The number of benzene rings is 1. The van der Waals surface area contributed by atoms with Crippen LogP contribution in [0.2, 0.25) is 0 Å². The van der Waals surface area contributed by atoms with Gasteiger partial charge in [-0.2, -0.15) is 0 Å². The van der Waals surface area contributed by atoms with Gasteiger partial charge in [0.25, 0.3) is 0 Å². The van der Waals surface area contributed by atoms with Gasteiger partial charge in [-0.25, -0.2) is 0 Å². The molecule has 1 heterocycles. The number of nitrogens with one attached hydrogen (secondary N) is 1. The molecule has 0 unspecified atom stereocenters. The second kappa shape index (κ2) is 8.44. The zero-order chi connectivity index (χ0) is 14.9. The smallest absolute Gasteiger partial charge is 0.224 e. The van der Waals surface area contributed by atoms with Crippen molar-refractivity contribution in [3.63, 3.8) is 0 Å². The van der Waals surface area contributed by atoms with Gasteiger partial charge in [0, 0.05) is 23.5 Å². The minimum atomic E-state index is 0.0437. The Balaban J connectivity index is 1.71. The third kappa shape index (κ3) is 5.57. The van der Waals surface area contributed by atoms with E-state index in [0.29, 0.717) is 19.6 Å². The Morgan fingerprint density at radius 1 is 1.24 bits per heavy atom. The summed E-state index contributed by atoms with van der Waals surface area (Å²) in [5.41, 5.74) is 6.16. The summed E-state index contributed by atoms with van der Waals surface area (Å²) < 4.78 is 5.38. The van der Waals surface area contributed by atoms with Crippen molar-refractivity contribution in [1.29, 1.82) is 0 Å². The molecule has 0 radical (unpaired) electrons. The normalized spacial score (nSPS) is 10.3. The van der Waals surface area contributed by atoms with Gasteiger partial charge >= 0.3 is 0 Å². The lowest BCUT2D eigenvalue weighted by Crippen LogP contribution is -2.12. The summed E-state index contributed by atoms with van der Waals surface area (Å²) in [7, 11) is 0. The number of ether oxygens (including phenoxy) is 1. The number of hydrogen-bond acceptors (Lipinski definition) is 4. The maximum Gasteiger partial charge on any atom is 0.224 e.